The molecule has 2 amide bonds. The third-order valence-corrected chi connectivity index (χ3v) is 5.69. The molecular weight excluding hydrogens is 447 g/mol. The predicted octanol–water partition coefficient (Wildman–Crippen LogP) is 5.20. The zero-order valence-corrected chi connectivity index (χ0v) is 18.9. The van der Waals surface area contributed by atoms with Crippen LogP contribution in [0, 0.1) is 12.7 Å². The van der Waals surface area contributed by atoms with Gasteiger partial charge in [0.25, 0.3) is 11.8 Å². The lowest BCUT2D eigenvalue weighted by Gasteiger charge is -2.19. The van der Waals surface area contributed by atoms with Crippen molar-refractivity contribution in [2.45, 2.75) is 6.92 Å². The Morgan fingerprint density at radius 1 is 0.909 bits per heavy atom. The van der Waals surface area contributed by atoms with Crippen LogP contribution >= 0.6 is 11.6 Å². The summed E-state index contributed by atoms with van der Waals surface area (Å²) in [6.45, 7) is 1.86. The molecule has 0 radical (unpaired) electrons. The molecule has 3 aromatic carbocycles. The molecule has 6 nitrogen and oxygen atoms in total. The summed E-state index contributed by atoms with van der Waals surface area (Å²) in [4.78, 5) is 28.1. The smallest absolute Gasteiger partial charge is 0.282 e. The number of halogens is 2. The molecule has 0 spiro atoms. The van der Waals surface area contributed by atoms with Crippen LogP contribution in [0.2, 0.25) is 5.02 Å². The van der Waals surface area contributed by atoms with Crippen molar-refractivity contribution in [3.05, 3.63) is 88.3 Å². The number of carbonyl (C=O) groups excluding carboxylic acids is 2. The zero-order valence-electron chi connectivity index (χ0n) is 18.1. The largest absolute Gasteiger partial charge is 0.497 e. The molecule has 33 heavy (non-hydrogen) atoms. The molecule has 0 fully saturated rings. The van der Waals surface area contributed by atoms with E-state index in [2.05, 4.69) is 5.32 Å². The first-order chi connectivity index (χ1) is 15.8. The van der Waals surface area contributed by atoms with Crippen LogP contribution in [-0.4, -0.2) is 26.0 Å². The van der Waals surface area contributed by atoms with E-state index in [0.717, 1.165) is 10.5 Å². The summed E-state index contributed by atoms with van der Waals surface area (Å²) in [5, 5.41) is 3.54. The highest BCUT2D eigenvalue weighted by Gasteiger charge is 2.41. The van der Waals surface area contributed by atoms with Crippen LogP contribution in [0.25, 0.3) is 5.57 Å². The molecule has 168 valence electrons. The van der Waals surface area contributed by atoms with Crippen molar-refractivity contribution in [1.82, 2.24) is 0 Å². The highest BCUT2D eigenvalue weighted by molar-refractivity contribution is 6.46. The number of nitrogens with one attached hydrogen (secondary N) is 1. The first-order valence-corrected chi connectivity index (χ1v) is 10.4. The molecule has 4 rings (SSSR count). The van der Waals surface area contributed by atoms with Gasteiger partial charge in [0.2, 0.25) is 0 Å². The molecule has 8 heteroatoms. The van der Waals surface area contributed by atoms with Gasteiger partial charge in [0, 0.05) is 16.8 Å². The topological polar surface area (TPSA) is 67.9 Å². The second kappa shape index (κ2) is 8.96. The van der Waals surface area contributed by atoms with Gasteiger partial charge in [0.15, 0.2) is 0 Å². The van der Waals surface area contributed by atoms with Gasteiger partial charge in [0.05, 0.1) is 25.5 Å². The summed E-state index contributed by atoms with van der Waals surface area (Å²) in [5.74, 6) is -0.817. The van der Waals surface area contributed by atoms with E-state index in [0.29, 0.717) is 22.0 Å². The Kier molecular flexibility index (Phi) is 6.07. The summed E-state index contributed by atoms with van der Waals surface area (Å²) < 4.78 is 24.2. The number of benzene rings is 3. The fourth-order valence-corrected chi connectivity index (χ4v) is 3.71. The number of rotatable bonds is 6. The summed E-state index contributed by atoms with van der Waals surface area (Å²) in [6, 6.07) is 15.4. The van der Waals surface area contributed by atoms with Crippen LogP contribution in [0.15, 0.2) is 66.4 Å². The molecule has 1 heterocycles. The zero-order chi connectivity index (χ0) is 23.7. The molecule has 3 aromatic rings. The van der Waals surface area contributed by atoms with Gasteiger partial charge in [-0.2, -0.15) is 0 Å². The van der Waals surface area contributed by atoms with Crippen molar-refractivity contribution >= 4 is 40.4 Å². The summed E-state index contributed by atoms with van der Waals surface area (Å²) in [5.41, 5.74) is 2.20. The van der Waals surface area contributed by atoms with Crippen molar-refractivity contribution in [1.29, 1.82) is 0 Å². The lowest BCUT2D eigenvalue weighted by atomic mass is 10.0. The molecule has 0 unspecified atom stereocenters. The molecule has 1 aliphatic heterocycles. The number of ether oxygens (including phenoxy) is 2. The quantitative estimate of drug-likeness (QED) is 0.506. The van der Waals surface area contributed by atoms with Crippen LogP contribution in [0.5, 0.6) is 11.5 Å². The van der Waals surface area contributed by atoms with Gasteiger partial charge in [-0.15, -0.1) is 0 Å². The molecular formula is C25H20ClFN2O4. The molecule has 0 bridgehead atoms. The number of imide groups is 1. The third kappa shape index (κ3) is 4.15. The lowest BCUT2D eigenvalue weighted by molar-refractivity contribution is -0.120. The van der Waals surface area contributed by atoms with Crippen LogP contribution in [0.1, 0.15) is 11.1 Å². The standard InChI is InChI=1S/C25H20ClFN2O4/c1-14-4-9-17(12-19(14)26)28-23-22(15-5-7-16(27)8-6-15)24(30)29(25(23)31)20-11-10-18(32-2)13-21(20)33-3/h4-13,28H,1-3H3. The van der Waals surface area contributed by atoms with Crippen molar-refractivity contribution in [3.63, 3.8) is 0 Å². The van der Waals surface area contributed by atoms with E-state index in [-0.39, 0.29) is 22.7 Å². The SMILES string of the molecule is COc1ccc(N2C(=O)C(Nc3ccc(C)c(Cl)c3)=C(c3ccc(F)cc3)C2=O)c(OC)c1. The monoisotopic (exact) mass is 466 g/mol. The Morgan fingerprint density at radius 2 is 1.64 bits per heavy atom. The number of anilines is 2. The normalized spacial score (nSPS) is 13.5. The minimum atomic E-state index is -0.584. The highest BCUT2D eigenvalue weighted by atomic mass is 35.5. The molecule has 1 N–H and O–H groups in total. The maximum atomic E-state index is 13.5. The van der Waals surface area contributed by atoms with Crippen LogP contribution < -0.4 is 19.7 Å². The average Bonchev–Trinajstić information content (AvgIpc) is 3.05. The second-order valence-electron chi connectivity index (χ2n) is 7.33. The Hall–Kier alpha value is -3.84. The maximum Gasteiger partial charge on any atom is 0.282 e. The van der Waals surface area contributed by atoms with Gasteiger partial charge in [-0.05, 0) is 54.4 Å². The molecule has 0 aliphatic carbocycles. The van der Waals surface area contributed by atoms with Gasteiger partial charge >= 0.3 is 0 Å². The van der Waals surface area contributed by atoms with Crippen LogP contribution in [0.4, 0.5) is 15.8 Å². The van der Waals surface area contributed by atoms with Crippen LogP contribution in [-0.2, 0) is 9.59 Å². The number of hydrogen-bond acceptors (Lipinski definition) is 5. The minimum absolute atomic E-state index is 0.0457. The Balaban J connectivity index is 1.84. The van der Waals surface area contributed by atoms with E-state index >= 15 is 0 Å². The van der Waals surface area contributed by atoms with Gasteiger partial charge in [0.1, 0.15) is 23.0 Å². The minimum Gasteiger partial charge on any atom is -0.497 e. The van der Waals surface area contributed by atoms with Crippen molar-refractivity contribution < 1.29 is 23.5 Å². The lowest BCUT2D eigenvalue weighted by Crippen LogP contribution is -2.32. The fourth-order valence-electron chi connectivity index (χ4n) is 3.53. The van der Waals surface area contributed by atoms with E-state index in [9.17, 15) is 14.0 Å². The first-order valence-electron chi connectivity index (χ1n) is 9.98. The molecule has 0 saturated carbocycles. The van der Waals surface area contributed by atoms with Gasteiger partial charge < -0.3 is 14.8 Å². The van der Waals surface area contributed by atoms with Crippen molar-refractivity contribution in [3.8, 4) is 11.5 Å². The molecule has 0 aromatic heterocycles. The van der Waals surface area contributed by atoms with E-state index in [1.54, 1.807) is 36.4 Å². The highest BCUT2D eigenvalue weighted by Crippen LogP contribution is 2.39. The van der Waals surface area contributed by atoms with Crippen LogP contribution in [0.3, 0.4) is 0 Å². The number of methoxy groups -OCH3 is 2. The third-order valence-electron chi connectivity index (χ3n) is 5.29. The van der Waals surface area contributed by atoms with E-state index in [4.69, 9.17) is 21.1 Å². The molecule has 0 saturated heterocycles. The summed E-state index contributed by atoms with van der Waals surface area (Å²) in [6.07, 6.45) is 0. The van der Waals surface area contributed by atoms with Gasteiger partial charge in [-0.25, -0.2) is 9.29 Å². The number of aryl methyl sites for hydroxylation is 1. The number of carbonyl (C=O) groups is 2. The summed E-state index contributed by atoms with van der Waals surface area (Å²) >= 11 is 6.24. The van der Waals surface area contributed by atoms with Crippen molar-refractivity contribution in [2.24, 2.45) is 0 Å². The van der Waals surface area contributed by atoms with E-state index < -0.39 is 17.6 Å². The number of hydrogen-bond donors (Lipinski definition) is 1. The Bertz CT molecular complexity index is 1290. The van der Waals surface area contributed by atoms with Gasteiger partial charge in [-0.1, -0.05) is 29.8 Å². The Labute approximate surface area is 195 Å². The maximum absolute atomic E-state index is 13.5. The first kappa shape index (κ1) is 22.4. The van der Waals surface area contributed by atoms with Crippen molar-refractivity contribution in [2.75, 3.05) is 24.4 Å². The summed E-state index contributed by atoms with van der Waals surface area (Å²) in [7, 11) is 2.94. The van der Waals surface area contributed by atoms with Gasteiger partial charge in [-0.3, -0.25) is 9.59 Å². The number of nitrogens with zero attached hydrogens (tertiary/aromatic N) is 1. The fraction of sp³-hybridized carbons (Fsp3) is 0.120. The second-order valence-corrected chi connectivity index (χ2v) is 7.74. The molecule has 1 aliphatic rings. The molecule has 0 atom stereocenters. The Morgan fingerprint density at radius 3 is 2.27 bits per heavy atom. The van der Waals surface area contributed by atoms with E-state index in [1.165, 1.54) is 38.5 Å². The van der Waals surface area contributed by atoms with E-state index in [1.807, 2.05) is 6.92 Å². The average molecular weight is 467 g/mol. The predicted molar refractivity (Wildman–Crippen MR) is 125 cm³/mol. The number of amides is 2.